The van der Waals surface area contributed by atoms with Gasteiger partial charge in [-0.15, -0.1) is 0 Å². The Bertz CT molecular complexity index is 381. The minimum Gasteiger partial charge on any atom is -0.0848 e. The fraction of sp³-hybridized carbons (Fsp3) is 0.905. The van der Waals surface area contributed by atoms with Gasteiger partial charge in [0.15, 0.2) is 0 Å². The van der Waals surface area contributed by atoms with Crippen molar-refractivity contribution in [1.82, 2.24) is 0 Å². The minimum atomic E-state index is 1.01. The lowest BCUT2D eigenvalue weighted by Gasteiger charge is -2.36. The third kappa shape index (κ3) is 2.51. The van der Waals surface area contributed by atoms with Crippen LogP contribution in [0.3, 0.4) is 0 Å². The van der Waals surface area contributed by atoms with Gasteiger partial charge in [0, 0.05) is 0 Å². The van der Waals surface area contributed by atoms with Crippen LogP contribution in [0, 0.1) is 41.4 Å². The fourth-order valence-electron chi connectivity index (χ4n) is 6.85. The van der Waals surface area contributed by atoms with Crippen LogP contribution in [-0.4, -0.2) is 0 Å². The van der Waals surface area contributed by atoms with Crippen molar-refractivity contribution in [3.05, 3.63) is 12.2 Å². The smallest absolute Gasteiger partial charge is 0.0194 e. The zero-order valence-corrected chi connectivity index (χ0v) is 14.0. The highest BCUT2D eigenvalue weighted by Gasteiger charge is 2.60. The van der Waals surface area contributed by atoms with E-state index in [-0.39, 0.29) is 0 Å². The first-order chi connectivity index (χ1) is 10.4. The molecule has 118 valence electrons. The molecule has 0 saturated heterocycles. The summed E-state index contributed by atoms with van der Waals surface area (Å²) in [6.07, 6.45) is 21.8. The molecule has 0 aromatic carbocycles. The van der Waals surface area contributed by atoms with Gasteiger partial charge in [-0.25, -0.2) is 0 Å². The number of hydrogen-bond acceptors (Lipinski definition) is 0. The van der Waals surface area contributed by atoms with Crippen LogP contribution in [0.1, 0.15) is 77.6 Å². The maximum atomic E-state index is 2.59. The van der Waals surface area contributed by atoms with Crippen molar-refractivity contribution >= 4 is 0 Å². The Labute approximate surface area is 131 Å². The highest BCUT2D eigenvalue weighted by Crippen LogP contribution is 2.67. The van der Waals surface area contributed by atoms with E-state index in [1.807, 2.05) is 0 Å². The average molecular weight is 287 g/mol. The van der Waals surface area contributed by atoms with Crippen molar-refractivity contribution in [2.75, 3.05) is 0 Å². The molecular formula is C21H34. The molecule has 0 aliphatic heterocycles. The molecule has 0 nitrogen and oxygen atoms in total. The molecule has 0 amide bonds. The monoisotopic (exact) mass is 286 g/mol. The summed E-state index contributed by atoms with van der Waals surface area (Å²) in [7, 11) is 0. The van der Waals surface area contributed by atoms with Crippen LogP contribution in [0.4, 0.5) is 0 Å². The van der Waals surface area contributed by atoms with Crippen molar-refractivity contribution < 1.29 is 0 Å². The SMILES string of the molecule is CCCCCCCCCC1CC2CC1C1C3C=CC(C3)C21. The molecule has 0 spiro atoms. The van der Waals surface area contributed by atoms with Crippen LogP contribution in [0.15, 0.2) is 12.2 Å². The first-order valence-corrected chi connectivity index (χ1v) is 10.1. The van der Waals surface area contributed by atoms with Gasteiger partial charge in [-0.1, -0.05) is 70.4 Å². The Morgan fingerprint density at radius 2 is 1.48 bits per heavy atom. The summed E-state index contributed by atoms with van der Waals surface area (Å²) in [5.41, 5.74) is 0. The van der Waals surface area contributed by atoms with E-state index in [9.17, 15) is 0 Å². The van der Waals surface area contributed by atoms with Gasteiger partial charge in [-0.2, -0.15) is 0 Å². The van der Waals surface area contributed by atoms with Gasteiger partial charge in [-0.3, -0.25) is 0 Å². The lowest BCUT2D eigenvalue weighted by Crippen LogP contribution is -2.30. The van der Waals surface area contributed by atoms with E-state index in [1.165, 1.54) is 51.4 Å². The van der Waals surface area contributed by atoms with E-state index in [4.69, 9.17) is 0 Å². The van der Waals surface area contributed by atoms with E-state index < -0.39 is 0 Å². The topological polar surface area (TPSA) is 0 Å². The van der Waals surface area contributed by atoms with Gasteiger partial charge in [0.05, 0.1) is 0 Å². The van der Waals surface area contributed by atoms with Crippen molar-refractivity contribution in [1.29, 1.82) is 0 Å². The molecule has 7 atom stereocenters. The van der Waals surface area contributed by atoms with E-state index in [0.29, 0.717) is 0 Å². The average Bonchev–Trinajstić information content (AvgIpc) is 3.24. The Kier molecular flexibility index (Phi) is 4.16. The van der Waals surface area contributed by atoms with E-state index >= 15 is 0 Å². The summed E-state index contributed by atoms with van der Waals surface area (Å²) in [6.45, 7) is 2.31. The van der Waals surface area contributed by atoms with Crippen molar-refractivity contribution in [2.24, 2.45) is 41.4 Å². The first-order valence-electron chi connectivity index (χ1n) is 10.1. The highest BCUT2D eigenvalue weighted by atomic mass is 14.6. The zero-order chi connectivity index (χ0) is 14.2. The van der Waals surface area contributed by atoms with Gasteiger partial charge in [-0.05, 0) is 60.7 Å². The van der Waals surface area contributed by atoms with Crippen molar-refractivity contribution in [2.45, 2.75) is 77.6 Å². The third-order valence-electron chi connectivity index (χ3n) is 7.59. The molecule has 0 aromatic rings. The summed E-state index contributed by atoms with van der Waals surface area (Å²) < 4.78 is 0. The zero-order valence-electron chi connectivity index (χ0n) is 14.0. The molecule has 4 bridgehead atoms. The van der Waals surface area contributed by atoms with Gasteiger partial charge in [0.25, 0.3) is 0 Å². The molecular weight excluding hydrogens is 252 g/mol. The summed E-state index contributed by atoms with van der Waals surface area (Å²) in [4.78, 5) is 0. The second-order valence-corrected chi connectivity index (χ2v) is 8.67. The summed E-state index contributed by atoms with van der Waals surface area (Å²) in [5.74, 6) is 7.68. The fourth-order valence-corrected chi connectivity index (χ4v) is 6.85. The molecule has 4 aliphatic rings. The predicted molar refractivity (Wildman–Crippen MR) is 90.0 cm³/mol. The van der Waals surface area contributed by atoms with E-state index in [1.54, 1.807) is 19.3 Å². The molecule has 4 rings (SSSR count). The summed E-state index contributed by atoms with van der Waals surface area (Å²) >= 11 is 0. The molecule has 3 fully saturated rings. The Morgan fingerprint density at radius 1 is 0.762 bits per heavy atom. The van der Waals surface area contributed by atoms with Crippen LogP contribution in [0.5, 0.6) is 0 Å². The molecule has 0 aromatic heterocycles. The van der Waals surface area contributed by atoms with Crippen molar-refractivity contribution in [3.63, 3.8) is 0 Å². The summed E-state index contributed by atoms with van der Waals surface area (Å²) in [5, 5.41) is 0. The van der Waals surface area contributed by atoms with E-state index in [2.05, 4.69) is 19.1 Å². The van der Waals surface area contributed by atoms with Gasteiger partial charge in [0.1, 0.15) is 0 Å². The predicted octanol–water partition coefficient (Wildman–Crippen LogP) is 6.22. The molecule has 0 heterocycles. The molecule has 21 heavy (non-hydrogen) atoms. The van der Waals surface area contributed by atoms with Gasteiger partial charge >= 0.3 is 0 Å². The third-order valence-corrected chi connectivity index (χ3v) is 7.59. The largest absolute Gasteiger partial charge is 0.0848 e. The van der Waals surface area contributed by atoms with E-state index in [0.717, 1.165) is 41.4 Å². The number of hydrogen-bond donors (Lipinski definition) is 0. The first kappa shape index (κ1) is 14.3. The maximum absolute atomic E-state index is 2.59. The quantitative estimate of drug-likeness (QED) is 0.282. The molecule has 3 saturated carbocycles. The van der Waals surface area contributed by atoms with Crippen LogP contribution < -0.4 is 0 Å². The lowest BCUT2D eigenvalue weighted by atomic mass is 9.68. The Balaban J connectivity index is 1.20. The number of rotatable bonds is 8. The molecule has 7 unspecified atom stereocenters. The lowest BCUT2D eigenvalue weighted by molar-refractivity contribution is 0.142. The standard InChI is InChI=1S/C21H34/c1-2-3-4-5-6-7-8-9-15-12-18-14-19(15)21-17-11-10-16(13-17)20(18)21/h10-11,15-21H,2-9,12-14H2,1H3. The van der Waals surface area contributed by atoms with Crippen molar-refractivity contribution in [3.8, 4) is 0 Å². The molecule has 4 aliphatic carbocycles. The Morgan fingerprint density at radius 3 is 2.29 bits per heavy atom. The highest BCUT2D eigenvalue weighted by molar-refractivity contribution is 5.20. The van der Waals surface area contributed by atoms with Crippen LogP contribution in [-0.2, 0) is 0 Å². The maximum Gasteiger partial charge on any atom is -0.0194 e. The van der Waals surface area contributed by atoms with Gasteiger partial charge in [0.2, 0.25) is 0 Å². The second-order valence-electron chi connectivity index (χ2n) is 8.67. The number of unbranched alkanes of at least 4 members (excludes halogenated alkanes) is 6. The van der Waals surface area contributed by atoms with Gasteiger partial charge < -0.3 is 0 Å². The minimum absolute atomic E-state index is 1.01. The number of allylic oxidation sites excluding steroid dienone is 2. The van der Waals surface area contributed by atoms with Crippen LogP contribution >= 0.6 is 0 Å². The Hall–Kier alpha value is -0.260. The molecule has 0 N–H and O–H groups in total. The van der Waals surface area contributed by atoms with Crippen LogP contribution in [0.2, 0.25) is 0 Å². The molecule has 0 heteroatoms. The normalized spacial score (nSPS) is 45.7. The number of fused-ring (bicyclic) bond motifs is 9. The second kappa shape index (κ2) is 6.09. The van der Waals surface area contributed by atoms with Crippen LogP contribution in [0.25, 0.3) is 0 Å². The summed E-state index contributed by atoms with van der Waals surface area (Å²) in [6, 6.07) is 0. The molecule has 0 radical (unpaired) electrons.